The standard InChI is InChI=1S/C15H18N4O3S/c1-3-12-14(23-19-18-12)15(21)16-9-13(20)17-10-5-7-11(8-6-10)22-4-2/h5-8H,3-4,9H2,1-2H3,(H,16,21)(H,17,20). The summed E-state index contributed by atoms with van der Waals surface area (Å²) in [6, 6.07) is 7.03. The third-order valence-corrected chi connectivity index (χ3v) is 3.72. The monoisotopic (exact) mass is 334 g/mol. The van der Waals surface area contributed by atoms with Gasteiger partial charge in [0.2, 0.25) is 5.91 Å². The van der Waals surface area contributed by atoms with E-state index in [9.17, 15) is 9.59 Å². The first-order valence-electron chi connectivity index (χ1n) is 7.26. The largest absolute Gasteiger partial charge is 0.494 e. The topological polar surface area (TPSA) is 93.2 Å². The van der Waals surface area contributed by atoms with Crippen LogP contribution in [0.15, 0.2) is 24.3 Å². The highest BCUT2D eigenvalue weighted by molar-refractivity contribution is 7.08. The molecule has 23 heavy (non-hydrogen) atoms. The van der Waals surface area contributed by atoms with Crippen molar-refractivity contribution < 1.29 is 14.3 Å². The number of aromatic nitrogens is 2. The fraction of sp³-hybridized carbons (Fsp3) is 0.333. The molecule has 1 heterocycles. The summed E-state index contributed by atoms with van der Waals surface area (Å²) in [5, 5.41) is 9.14. The van der Waals surface area contributed by atoms with Crippen LogP contribution in [0.1, 0.15) is 29.2 Å². The Balaban J connectivity index is 1.84. The number of hydrogen-bond donors (Lipinski definition) is 2. The summed E-state index contributed by atoms with van der Waals surface area (Å²) in [5.41, 5.74) is 1.28. The first kappa shape index (κ1) is 16.9. The van der Waals surface area contributed by atoms with Crippen molar-refractivity contribution in [2.45, 2.75) is 20.3 Å². The number of rotatable bonds is 7. The summed E-state index contributed by atoms with van der Waals surface area (Å²) in [6.45, 7) is 4.27. The van der Waals surface area contributed by atoms with Crippen molar-refractivity contribution in [3.8, 4) is 5.75 Å². The summed E-state index contributed by atoms with van der Waals surface area (Å²) < 4.78 is 9.08. The number of ether oxygens (including phenoxy) is 1. The molecule has 0 spiro atoms. The van der Waals surface area contributed by atoms with Crippen LogP contribution >= 0.6 is 11.5 Å². The van der Waals surface area contributed by atoms with Crippen LogP contribution in [0.3, 0.4) is 0 Å². The molecule has 0 bridgehead atoms. The molecular weight excluding hydrogens is 316 g/mol. The fourth-order valence-electron chi connectivity index (χ4n) is 1.86. The molecule has 7 nitrogen and oxygen atoms in total. The smallest absolute Gasteiger partial charge is 0.265 e. The Morgan fingerprint density at radius 3 is 2.61 bits per heavy atom. The molecule has 2 aromatic rings. The zero-order valence-corrected chi connectivity index (χ0v) is 13.8. The quantitative estimate of drug-likeness (QED) is 0.806. The number of carbonyl (C=O) groups is 2. The lowest BCUT2D eigenvalue weighted by Crippen LogP contribution is -2.32. The molecule has 1 aromatic carbocycles. The maximum absolute atomic E-state index is 12.0. The molecule has 2 N–H and O–H groups in total. The van der Waals surface area contributed by atoms with Gasteiger partial charge in [0.1, 0.15) is 10.6 Å². The molecule has 122 valence electrons. The third kappa shape index (κ3) is 4.75. The van der Waals surface area contributed by atoms with Gasteiger partial charge in [0.25, 0.3) is 5.91 Å². The first-order valence-corrected chi connectivity index (χ1v) is 8.03. The predicted octanol–water partition coefficient (Wildman–Crippen LogP) is 1.87. The normalized spacial score (nSPS) is 10.2. The van der Waals surface area contributed by atoms with Crippen molar-refractivity contribution in [2.24, 2.45) is 0 Å². The minimum absolute atomic E-state index is 0.118. The molecule has 0 atom stereocenters. The lowest BCUT2D eigenvalue weighted by Gasteiger charge is -2.08. The number of hydrogen-bond acceptors (Lipinski definition) is 6. The van der Waals surface area contributed by atoms with Gasteiger partial charge in [-0.3, -0.25) is 9.59 Å². The van der Waals surface area contributed by atoms with Crippen LogP contribution in [0.5, 0.6) is 5.75 Å². The van der Waals surface area contributed by atoms with Crippen molar-refractivity contribution in [1.29, 1.82) is 0 Å². The van der Waals surface area contributed by atoms with E-state index in [0.717, 1.165) is 17.3 Å². The minimum Gasteiger partial charge on any atom is -0.494 e. The summed E-state index contributed by atoms with van der Waals surface area (Å²) in [7, 11) is 0. The highest BCUT2D eigenvalue weighted by Crippen LogP contribution is 2.15. The van der Waals surface area contributed by atoms with Crippen LogP contribution in [-0.4, -0.2) is 34.6 Å². The maximum Gasteiger partial charge on any atom is 0.265 e. The lowest BCUT2D eigenvalue weighted by atomic mass is 10.3. The van der Waals surface area contributed by atoms with Gasteiger partial charge in [-0.2, -0.15) is 0 Å². The van der Waals surface area contributed by atoms with Crippen molar-refractivity contribution in [3.05, 3.63) is 34.8 Å². The Morgan fingerprint density at radius 2 is 1.96 bits per heavy atom. The molecular formula is C15H18N4O3S. The molecule has 0 fully saturated rings. The van der Waals surface area contributed by atoms with E-state index >= 15 is 0 Å². The summed E-state index contributed by atoms with van der Waals surface area (Å²) in [5.74, 6) is 0.0975. The summed E-state index contributed by atoms with van der Waals surface area (Å²) in [4.78, 5) is 24.3. The van der Waals surface area contributed by atoms with Crippen LogP contribution in [0, 0.1) is 0 Å². The van der Waals surface area contributed by atoms with Crippen molar-refractivity contribution >= 4 is 29.0 Å². The average molecular weight is 334 g/mol. The fourth-order valence-corrected chi connectivity index (χ4v) is 2.53. The number of nitrogens with one attached hydrogen (secondary N) is 2. The van der Waals surface area contributed by atoms with Crippen LogP contribution in [0.25, 0.3) is 0 Å². The molecule has 0 saturated carbocycles. The van der Waals surface area contributed by atoms with E-state index in [1.165, 1.54) is 0 Å². The molecule has 0 aliphatic carbocycles. The molecule has 8 heteroatoms. The van der Waals surface area contributed by atoms with E-state index < -0.39 is 0 Å². The van der Waals surface area contributed by atoms with Crippen molar-refractivity contribution in [2.75, 3.05) is 18.5 Å². The molecule has 0 aliphatic rings. The first-order chi connectivity index (χ1) is 11.1. The second kappa shape index (κ2) is 8.23. The molecule has 2 amide bonds. The van der Waals surface area contributed by atoms with Crippen LogP contribution in [0.2, 0.25) is 0 Å². The van der Waals surface area contributed by atoms with E-state index in [1.807, 2.05) is 13.8 Å². The molecule has 2 rings (SSSR count). The van der Waals surface area contributed by atoms with Gasteiger partial charge in [-0.15, -0.1) is 5.10 Å². The Labute approximate surface area is 138 Å². The zero-order valence-electron chi connectivity index (χ0n) is 13.0. The van der Waals surface area contributed by atoms with Crippen molar-refractivity contribution in [1.82, 2.24) is 14.9 Å². The molecule has 0 unspecified atom stereocenters. The van der Waals surface area contributed by atoms with Gasteiger partial charge in [0.05, 0.1) is 18.8 Å². The van der Waals surface area contributed by atoms with Crippen LogP contribution in [-0.2, 0) is 11.2 Å². The SMILES string of the molecule is CCOc1ccc(NC(=O)CNC(=O)c2snnc2CC)cc1. The molecule has 0 radical (unpaired) electrons. The van der Waals surface area contributed by atoms with E-state index in [4.69, 9.17) is 4.74 Å². The van der Waals surface area contributed by atoms with E-state index in [0.29, 0.717) is 29.3 Å². The Morgan fingerprint density at radius 1 is 1.22 bits per heavy atom. The summed E-state index contributed by atoms with van der Waals surface area (Å²) in [6.07, 6.45) is 0.623. The van der Waals surface area contributed by atoms with E-state index in [2.05, 4.69) is 20.2 Å². The Kier molecular flexibility index (Phi) is 6.04. The molecule has 0 aliphatic heterocycles. The van der Waals surface area contributed by atoms with E-state index in [-0.39, 0.29) is 18.4 Å². The highest BCUT2D eigenvalue weighted by Gasteiger charge is 2.15. The van der Waals surface area contributed by atoms with Gasteiger partial charge in [-0.1, -0.05) is 11.4 Å². The van der Waals surface area contributed by atoms with Crippen LogP contribution < -0.4 is 15.4 Å². The number of amides is 2. The van der Waals surface area contributed by atoms with Gasteiger partial charge >= 0.3 is 0 Å². The molecule has 1 aromatic heterocycles. The van der Waals surface area contributed by atoms with Crippen molar-refractivity contribution in [3.63, 3.8) is 0 Å². The van der Waals surface area contributed by atoms with Crippen LogP contribution in [0.4, 0.5) is 5.69 Å². The van der Waals surface area contributed by atoms with E-state index in [1.54, 1.807) is 24.3 Å². The summed E-state index contributed by atoms with van der Waals surface area (Å²) >= 11 is 1.03. The highest BCUT2D eigenvalue weighted by atomic mass is 32.1. The second-order valence-electron chi connectivity index (χ2n) is 4.59. The number of carbonyl (C=O) groups excluding carboxylic acids is 2. The number of anilines is 1. The molecule has 0 saturated heterocycles. The van der Waals surface area contributed by atoms with Gasteiger partial charge in [-0.25, -0.2) is 0 Å². The zero-order chi connectivity index (χ0) is 16.7. The third-order valence-electron chi connectivity index (χ3n) is 2.96. The van der Waals surface area contributed by atoms with Gasteiger partial charge < -0.3 is 15.4 Å². The Hall–Kier alpha value is -2.48. The maximum atomic E-state index is 12.0. The van der Waals surface area contributed by atoms with Gasteiger partial charge in [0, 0.05) is 5.69 Å². The number of aryl methyl sites for hydroxylation is 1. The van der Waals surface area contributed by atoms with Gasteiger partial charge in [-0.05, 0) is 49.1 Å². The minimum atomic E-state index is -0.335. The Bertz CT molecular complexity index is 670. The second-order valence-corrected chi connectivity index (χ2v) is 5.34. The van der Waals surface area contributed by atoms with Gasteiger partial charge in [0.15, 0.2) is 0 Å². The predicted molar refractivity (Wildman–Crippen MR) is 87.9 cm³/mol. The number of benzene rings is 1. The average Bonchev–Trinajstić information content (AvgIpc) is 3.03. The number of nitrogens with zero attached hydrogens (tertiary/aromatic N) is 2. The lowest BCUT2D eigenvalue weighted by molar-refractivity contribution is -0.115.